The zero-order valence-corrected chi connectivity index (χ0v) is 9.67. The van der Waals surface area contributed by atoms with Gasteiger partial charge < -0.3 is 15.5 Å². The Morgan fingerprint density at radius 1 is 1.35 bits per heavy atom. The van der Waals surface area contributed by atoms with Crippen LogP contribution in [0.3, 0.4) is 0 Å². The molecule has 1 saturated heterocycles. The summed E-state index contributed by atoms with van der Waals surface area (Å²) in [4.78, 5) is 18.5. The fourth-order valence-corrected chi connectivity index (χ4v) is 1.82. The number of likely N-dealkylation sites (N-methyl/N-ethyl adjacent to an activating group) is 1. The molecule has 0 unspecified atom stereocenters. The third kappa shape index (κ3) is 2.44. The molecule has 7 heteroatoms. The van der Waals surface area contributed by atoms with E-state index in [2.05, 4.69) is 21.8 Å². The van der Waals surface area contributed by atoms with Gasteiger partial charge in [-0.25, -0.2) is 4.98 Å². The van der Waals surface area contributed by atoms with E-state index in [0.29, 0.717) is 5.82 Å². The van der Waals surface area contributed by atoms with E-state index >= 15 is 0 Å². The summed E-state index contributed by atoms with van der Waals surface area (Å²) in [6.45, 7) is 3.64. The first-order chi connectivity index (χ1) is 8.08. The Balaban J connectivity index is 2.17. The van der Waals surface area contributed by atoms with Gasteiger partial charge in [-0.1, -0.05) is 0 Å². The summed E-state index contributed by atoms with van der Waals surface area (Å²) < 4.78 is 0. The summed E-state index contributed by atoms with van der Waals surface area (Å²) >= 11 is 0. The summed E-state index contributed by atoms with van der Waals surface area (Å²) in [5.74, 6) is 0.688. The maximum Gasteiger partial charge on any atom is 0.311 e. The molecular weight excluding hydrogens is 222 g/mol. The SMILES string of the molecule is CN1CCN(c2ccc([N+](=O)[O-])c(N)n2)CC1. The molecule has 1 aliphatic heterocycles. The molecule has 0 aliphatic carbocycles. The van der Waals surface area contributed by atoms with Gasteiger partial charge in [0, 0.05) is 32.2 Å². The molecule has 92 valence electrons. The maximum absolute atomic E-state index is 10.6. The summed E-state index contributed by atoms with van der Waals surface area (Å²) in [6.07, 6.45) is 0. The second kappa shape index (κ2) is 4.54. The van der Waals surface area contributed by atoms with Crippen LogP contribution in [0.1, 0.15) is 0 Å². The minimum absolute atomic E-state index is 0.0218. The number of hydrogen-bond donors (Lipinski definition) is 1. The van der Waals surface area contributed by atoms with Crippen LogP contribution in [0.2, 0.25) is 0 Å². The first-order valence-electron chi connectivity index (χ1n) is 5.42. The van der Waals surface area contributed by atoms with Crippen molar-refractivity contribution in [1.82, 2.24) is 9.88 Å². The number of hydrogen-bond acceptors (Lipinski definition) is 6. The Kier molecular flexibility index (Phi) is 3.10. The summed E-state index contributed by atoms with van der Waals surface area (Å²) in [5.41, 5.74) is 5.43. The van der Waals surface area contributed by atoms with E-state index in [0.717, 1.165) is 26.2 Å². The second-order valence-electron chi connectivity index (χ2n) is 4.12. The zero-order chi connectivity index (χ0) is 12.4. The molecule has 0 atom stereocenters. The van der Waals surface area contributed by atoms with Crippen LogP contribution in [-0.4, -0.2) is 48.0 Å². The van der Waals surface area contributed by atoms with E-state index in [-0.39, 0.29) is 11.5 Å². The molecule has 17 heavy (non-hydrogen) atoms. The van der Waals surface area contributed by atoms with Crippen molar-refractivity contribution in [3.63, 3.8) is 0 Å². The van der Waals surface area contributed by atoms with E-state index in [4.69, 9.17) is 5.73 Å². The first kappa shape index (κ1) is 11.6. The van der Waals surface area contributed by atoms with Crippen molar-refractivity contribution in [3.8, 4) is 0 Å². The molecule has 0 aromatic carbocycles. The van der Waals surface area contributed by atoms with Gasteiger partial charge in [0.2, 0.25) is 5.82 Å². The minimum atomic E-state index is -0.518. The van der Waals surface area contributed by atoms with Crippen LogP contribution in [0.25, 0.3) is 0 Å². The Hall–Kier alpha value is -1.89. The summed E-state index contributed by atoms with van der Waals surface area (Å²) in [5, 5.41) is 10.6. The van der Waals surface area contributed by atoms with Crippen LogP contribution in [0.4, 0.5) is 17.3 Å². The number of rotatable bonds is 2. The number of nitrogens with zero attached hydrogens (tertiary/aromatic N) is 4. The molecule has 0 amide bonds. The van der Waals surface area contributed by atoms with E-state index in [1.807, 2.05) is 0 Å². The highest BCUT2D eigenvalue weighted by molar-refractivity contribution is 5.58. The monoisotopic (exact) mass is 237 g/mol. The molecule has 1 aromatic rings. The van der Waals surface area contributed by atoms with Crippen molar-refractivity contribution in [2.45, 2.75) is 0 Å². The smallest absolute Gasteiger partial charge is 0.311 e. The molecule has 1 aliphatic rings. The van der Waals surface area contributed by atoms with Gasteiger partial charge in [-0.15, -0.1) is 0 Å². The van der Waals surface area contributed by atoms with E-state index in [1.165, 1.54) is 6.07 Å². The first-order valence-corrected chi connectivity index (χ1v) is 5.42. The van der Waals surface area contributed by atoms with Crippen molar-refractivity contribution in [1.29, 1.82) is 0 Å². The lowest BCUT2D eigenvalue weighted by atomic mass is 10.3. The van der Waals surface area contributed by atoms with Gasteiger partial charge in [0.15, 0.2) is 0 Å². The van der Waals surface area contributed by atoms with Crippen molar-refractivity contribution < 1.29 is 4.92 Å². The zero-order valence-electron chi connectivity index (χ0n) is 9.67. The molecule has 2 heterocycles. The maximum atomic E-state index is 10.6. The average Bonchev–Trinajstić information content (AvgIpc) is 2.29. The molecule has 2 rings (SSSR count). The van der Waals surface area contributed by atoms with Crippen molar-refractivity contribution in [3.05, 3.63) is 22.2 Å². The van der Waals surface area contributed by atoms with Gasteiger partial charge in [-0.3, -0.25) is 10.1 Å². The molecule has 0 spiro atoms. The molecule has 1 aromatic heterocycles. The summed E-state index contributed by atoms with van der Waals surface area (Å²) in [6, 6.07) is 3.07. The number of pyridine rings is 1. The number of nitrogens with two attached hydrogens (primary N) is 1. The highest BCUT2D eigenvalue weighted by Crippen LogP contribution is 2.23. The Morgan fingerprint density at radius 3 is 2.53 bits per heavy atom. The highest BCUT2D eigenvalue weighted by atomic mass is 16.6. The third-order valence-electron chi connectivity index (χ3n) is 2.91. The lowest BCUT2D eigenvalue weighted by molar-refractivity contribution is -0.384. The number of piperazine rings is 1. The fraction of sp³-hybridized carbons (Fsp3) is 0.500. The number of nitrogen functional groups attached to an aromatic ring is 1. The Labute approximate surface area is 99.0 Å². The van der Waals surface area contributed by atoms with Gasteiger partial charge in [-0.2, -0.15) is 0 Å². The molecule has 0 radical (unpaired) electrons. The van der Waals surface area contributed by atoms with Crippen molar-refractivity contribution in [2.75, 3.05) is 43.9 Å². The van der Waals surface area contributed by atoms with Crippen LogP contribution in [0, 0.1) is 10.1 Å². The molecule has 2 N–H and O–H groups in total. The normalized spacial score (nSPS) is 17.1. The van der Waals surface area contributed by atoms with E-state index in [1.54, 1.807) is 6.07 Å². The molecular formula is C10H15N5O2. The van der Waals surface area contributed by atoms with Gasteiger partial charge in [0.1, 0.15) is 5.82 Å². The van der Waals surface area contributed by atoms with Gasteiger partial charge in [-0.05, 0) is 13.1 Å². The number of aromatic nitrogens is 1. The summed E-state index contributed by atoms with van der Waals surface area (Å²) in [7, 11) is 2.06. The largest absolute Gasteiger partial charge is 0.378 e. The predicted octanol–water partition coefficient (Wildman–Crippen LogP) is 0.324. The number of anilines is 2. The van der Waals surface area contributed by atoms with Gasteiger partial charge in [0.05, 0.1) is 4.92 Å². The standard InChI is InChI=1S/C10H15N5O2/c1-13-4-6-14(7-5-13)9-3-2-8(15(16)17)10(11)12-9/h2-3H,4-7H2,1H3,(H2,11,12). The van der Waals surface area contributed by atoms with Gasteiger partial charge in [0.25, 0.3) is 0 Å². The minimum Gasteiger partial charge on any atom is -0.378 e. The molecule has 0 bridgehead atoms. The number of nitro groups is 1. The molecule has 1 fully saturated rings. The van der Waals surface area contributed by atoms with Crippen LogP contribution in [0.15, 0.2) is 12.1 Å². The molecule has 7 nitrogen and oxygen atoms in total. The predicted molar refractivity (Wildman–Crippen MR) is 65.0 cm³/mol. The fourth-order valence-electron chi connectivity index (χ4n) is 1.82. The van der Waals surface area contributed by atoms with Crippen molar-refractivity contribution in [2.24, 2.45) is 0 Å². The van der Waals surface area contributed by atoms with E-state index in [9.17, 15) is 10.1 Å². The second-order valence-corrected chi connectivity index (χ2v) is 4.12. The van der Waals surface area contributed by atoms with Crippen LogP contribution in [-0.2, 0) is 0 Å². The average molecular weight is 237 g/mol. The topological polar surface area (TPSA) is 88.5 Å². The molecule has 0 saturated carbocycles. The van der Waals surface area contributed by atoms with Crippen LogP contribution >= 0.6 is 0 Å². The van der Waals surface area contributed by atoms with Crippen LogP contribution < -0.4 is 10.6 Å². The Bertz CT molecular complexity index is 429. The lowest BCUT2D eigenvalue weighted by Gasteiger charge is -2.33. The Morgan fingerprint density at radius 2 is 2.00 bits per heavy atom. The van der Waals surface area contributed by atoms with Crippen LogP contribution in [0.5, 0.6) is 0 Å². The quantitative estimate of drug-likeness (QED) is 0.588. The van der Waals surface area contributed by atoms with Crippen molar-refractivity contribution >= 4 is 17.3 Å². The lowest BCUT2D eigenvalue weighted by Crippen LogP contribution is -2.44. The highest BCUT2D eigenvalue weighted by Gasteiger charge is 2.18. The van der Waals surface area contributed by atoms with E-state index < -0.39 is 4.92 Å². The third-order valence-corrected chi connectivity index (χ3v) is 2.91. The van der Waals surface area contributed by atoms with Gasteiger partial charge >= 0.3 is 5.69 Å².